The Balaban J connectivity index is 1.72. The molecule has 0 saturated carbocycles. The molecular formula is C22H17F4N3O2. The average molecular weight is 431 g/mol. The Morgan fingerprint density at radius 1 is 1.06 bits per heavy atom. The van der Waals surface area contributed by atoms with Gasteiger partial charge in [0.05, 0.1) is 16.9 Å². The fourth-order valence-electron chi connectivity index (χ4n) is 3.64. The van der Waals surface area contributed by atoms with E-state index in [1.54, 1.807) is 12.3 Å². The SMILES string of the molecule is O=C(N(O)c1ccc(F)cc1)N1CCc2cccnc2C1c1ccc(C(F)(F)F)cc1. The van der Waals surface area contributed by atoms with Crippen molar-refractivity contribution in [3.63, 3.8) is 0 Å². The normalized spacial score (nSPS) is 16.0. The summed E-state index contributed by atoms with van der Waals surface area (Å²) >= 11 is 0. The maximum Gasteiger partial charge on any atom is 0.416 e. The van der Waals surface area contributed by atoms with E-state index in [9.17, 15) is 27.6 Å². The second-order valence-electron chi connectivity index (χ2n) is 7.08. The highest BCUT2D eigenvalue weighted by Gasteiger charge is 2.36. The van der Waals surface area contributed by atoms with Crippen molar-refractivity contribution < 1.29 is 27.6 Å². The van der Waals surface area contributed by atoms with Crippen molar-refractivity contribution in [3.05, 3.63) is 95.1 Å². The molecule has 1 aromatic heterocycles. The Hall–Kier alpha value is -3.46. The van der Waals surface area contributed by atoms with Crippen molar-refractivity contribution in [1.82, 2.24) is 9.88 Å². The van der Waals surface area contributed by atoms with E-state index in [-0.39, 0.29) is 12.2 Å². The van der Waals surface area contributed by atoms with Crippen LogP contribution < -0.4 is 5.06 Å². The highest BCUT2D eigenvalue weighted by Crippen LogP contribution is 2.36. The molecule has 0 aliphatic carbocycles. The van der Waals surface area contributed by atoms with E-state index >= 15 is 0 Å². The van der Waals surface area contributed by atoms with Crippen LogP contribution in [-0.4, -0.2) is 27.7 Å². The molecule has 1 atom stereocenters. The standard InChI is InChI=1S/C22H17F4N3O2/c23-17-7-9-18(10-8-17)29(31)21(30)28-13-11-14-2-1-12-27-19(14)20(28)15-3-5-16(6-4-15)22(24,25)26/h1-10,12,20,31H,11,13H2. The minimum atomic E-state index is -4.48. The third-order valence-corrected chi connectivity index (χ3v) is 5.17. The number of carbonyl (C=O) groups excluding carboxylic acids is 1. The van der Waals surface area contributed by atoms with Crippen molar-refractivity contribution in [1.29, 1.82) is 0 Å². The van der Waals surface area contributed by atoms with Crippen LogP contribution in [0.3, 0.4) is 0 Å². The summed E-state index contributed by atoms with van der Waals surface area (Å²) < 4.78 is 52.1. The lowest BCUT2D eigenvalue weighted by atomic mass is 9.92. The summed E-state index contributed by atoms with van der Waals surface area (Å²) in [6.45, 7) is 0.210. The van der Waals surface area contributed by atoms with Crippen molar-refractivity contribution in [2.24, 2.45) is 0 Å². The molecule has 1 aliphatic rings. The van der Waals surface area contributed by atoms with Gasteiger partial charge >= 0.3 is 12.2 Å². The van der Waals surface area contributed by atoms with Crippen LogP contribution in [0.5, 0.6) is 0 Å². The third kappa shape index (κ3) is 4.09. The number of hydrogen-bond donors (Lipinski definition) is 1. The van der Waals surface area contributed by atoms with E-state index in [1.807, 2.05) is 6.07 Å². The zero-order chi connectivity index (χ0) is 22.2. The summed E-state index contributed by atoms with van der Waals surface area (Å²) in [6.07, 6.45) is -2.48. The van der Waals surface area contributed by atoms with Gasteiger partial charge in [0, 0.05) is 12.7 Å². The smallest absolute Gasteiger partial charge is 0.309 e. The molecule has 3 aromatic rings. The van der Waals surface area contributed by atoms with Crippen molar-refractivity contribution in [2.45, 2.75) is 18.6 Å². The van der Waals surface area contributed by atoms with Gasteiger partial charge in [-0.05, 0) is 60.0 Å². The first kappa shape index (κ1) is 20.8. The van der Waals surface area contributed by atoms with Gasteiger partial charge in [0.2, 0.25) is 0 Å². The number of halogens is 4. The van der Waals surface area contributed by atoms with Crippen LogP contribution in [0.4, 0.5) is 28.0 Å². The number of rotatable bonds is 2. The zero-order valence-corrected chi connectivity index (χ0v) is 16.1. The molecule has 9 heteroatoms. The van der Waals surface area contributed by atoms with E-state index in [0.29, 0.717) is 22.7 Å². The molecule has 160 valence electrons. The molecule has 0 saturated heterocycles. The van der Waals surface area contributed by atoms with Gasteiger partial charge < -0.3 is 4.90 Å². The average Bonchev–Trinajstić information content (AvgIpc) is 2.77. The number of fused-ring (bicyclic) bond motifs is 1. The molecule has 31 heavy (non-hydrogen) atoms. The van der Waals surface area contributed by atoms with Gasteiger partial charge in [-0.1, -0.05) is 18.2 Å². The predicted octanol–water partition coefficient (Wildman–Crippen LogP) is 5.20. The van der Waals surface area contributed by atoms with Crippen LogP contribution in [0.15, 0.2) is 66.9 Å². The lowest BCUT2D eigenvalue weighted by molar-refractivity contribution is -0.137. The molecule has 2 amide bonds. The van der Waals surface area contributed by atoms with Gasteiger partial charge in [-0.25, -0.2) is 9.18 Å². The molecule has 1 N–H and O–H groups in total. The Labute approximate surface area is 175 Å². The fraction of sp³-hybridized carbons (Fsp3) is 0.182. The van der Waals surface area contributed by atoms with Crippen LogP contribution in [0.25, 0.3) is 0 Å². The Bertz CT molecular complexity index is 1090. The number of pyridine rings is 1. The molecule has 0 radical (unpaired) electrons. The first-order valence-electron chi connectivity index (χ1n) is 9.42. The Morgan fingerprint density at radius 3 is 2.39 bits per heavy atom. The second-order valence-corrected chi connectivity index (χ2v) is 7.08. The van der Waals surface area contributed by atoms with Crippen LogP contribution in [0.2, 0.25) is 0 Å². The van der Waals surface area contributed by atoms with E-state index in [1.165, 1.54) is 29.2 Å². The molecular weight excluding hydrogens is 414 g/mol. The number of benzene rings is 2. The largest absolute Gasteiger partial charge is 0.416 e. The van der Waals surface area contributed by atoms with Gasteiger partial charge in [0.25, 0.3) is 0 Å². The summed E-state index contributed by atoms with van der Waals surface area (Å²) in [5, 5.41) is 10.8. The number of carbonyl (C=O) groups is 1. The number of hydroxylamine groups is 1. The lowest BCUT2D eigenvalue weighted by Gasteiger charge is -2.38. The molecule has 4 rings (SSSR count). The maximum absolute atomic E-state index is 13.2. The summed E-state index contributed by atoms with van der Waals surface area (Å²) in [5.41, 5.74) is 1.07. The predicted molar refractivity (Wildman–Crippen MR) is 104 cm³/mol. The number of nitrogens with zero attached hydrogens (tertiary/aromatic N) is 3. The Morgan fingerprint density at radius 2 is 1.74 bits per heavy atom. The van der Waals surface area contributed by atoms with Crippen LogP contribution in [0.1, 0.15) is 28.4 Å². The molecule has 0 bridgehead atoms. The molecule has 0 fully saturated rings. The number of alkyl halides is 3. The van der Waals surface area contributed by atoms with Crippen LogP contribution in [0, 0.1) is 5.82 Å². The minimum absolute atomic E-state index is 0.0596. The summed E-state index contributed by atoms with van der Waals surface area (Å²) in [5.74, 6) is -0.525. The molecule has 0 spiro atoms. The monoisotopic (exact) mass is 431 g/mol. The maximum atomic E-state index is 13.2. The van der Waals surface area contributed by atoms with Crippen molar-refractivity contribution in [2.75, 3.05) is 11.6 Å². The first-order chi connectivity index (χ1) is 14.8. The van der Waals surface area contributed by atoms with E-state index < -0.39 is 29.6 Å². The number of aromatic nitrogens is 1. The van der Waals surface area contributed by atoms with E-state index in [4.69, 9.17) is 0 Å². The first-order valence-corrected chi connectivity index (χ1v) is 9.42. The molecule has 2 heterocycles. The van der Waals surface area contributed by atoms with Crippen molar-refractivity contribution in [3.8, 4) is 0 Å². The second kappa shape index (κ2) is 7.99. The fourth-order valence-corrected chi connectivity index (χ4v) is 3.64. The molecule has 5 nitrogen and oxygen atoms in total. The topological polar surface area (TPSA) is 56.7 Å². The van der Waals surface area contributed by atoms with Crippen LogP contribution >= 0.6 is 0 Å². The van der Waals surface area contributed by atoms with E-state index in [0.717, 1.165) is 29.8 Å². The summed E-state index contributed by atoms with van der Waals surface area (Å²) in [6, 6.07) is 11.2. The zero-order valence-electron chi connectivity index (χ0n) is 16.1. The lowest BCUT2D eigenvalue weighted by Crippen LogP contribution is -2.47. The minimum Gasteiger partial charge on any atom is -0.309 e. The van der Waals surface area contributed by atoms with Crippen LogP contribution in [-0.2, 0) is 12.6 Å². The highest BCUT2D eigenvalue weighted by molar-refractivity contribution is 5.90. The number of anilines is 1. The van der Waals surface area contributed by atoms with E-state index in [2.05, 4.69) is 4.98 Å². The van der Waals surface area contributed by atoms with Gasteiger partial charge in [-0.15, -0.1) is 0 Å². The highest BCUT2D eigenvalue weighted by atomic mass is 19.4. The quantitative estimate of drug-likeness (QED) is 0.345. The number of hydrogen-bond acceptors (Lipinski definition) is 3. The third-order valence-electron chi connectivity index (χ3n) is 5.17. The summed E-state index contributed by atoms with van der Waals surface area (Å²) in [4.78, 5) is 18.8. The van der Waals surface area contributed by atoms with Gasteiger partial charge in [-0.2, -0.15) is 18.2 Å². The van der Waals surface area contributed by atoms with Crippen molar-refractivity contribution >= 4 is 11.7 Å². The number of urea groups is 1. The summed E-state index contributed by atoms with van der Waals surface area (Å²) in [7, 11) is 0. The van der Waals surface area contributed by atoms with Gasteiger partial charge in [-0.3, -0.25) is 10.2 Å². The number of amides is 2. The van der Waals surface area contributed by atoms with Gasteiger partial charge in [0.15, 0.2) is 0 Å². The molecule has 2 aromatic carbocycles. The Kier molecular flexibility index (Phi) is 5.36. The van der Waals surface area contributed by atoms with Gasteiger partial charge in [0.1, 0.15) is 11.9 Å². The molecule has 1 aliphatic heterocycles. The molecule has 1 unspecified atom stereocenters.